The molecule has 0 aliphatic carbocycles. The Morgan fingerprint density at radius 1 is 0.397 bits per heavy atom. The molecule has 3 radical (unpaired) electrons. The van der Waals surface area contributed by atoms with Crippen molar-refractivity contribution < 1.29 is 185 Å². The van der Waals surface area contributed by atoms with E-state index in [0.717, 1.165) is 0 Å². The van der Waals surface area contributed by atoms with Crippen LogP contribution in [0.5, 0.6) is 34.5 Å². The molecule has 0 aliphatic heterocycles. The smallest absolute Gasteiger partial charge is 0.134 e. The van der Waals surface area contributed by atoms with Crippen molar-refractivity contribution in [3.63, 3.8) is 0 Å². The fraction of sp³-hybridized carbons (Fsp3) is 0. The Kier molecular flexibility index (Phi) is 52.1. The summed E-state index contributed by atoms with van der Waals surface area (Å²) in [6, 6.07) is 25.3. The summed E-state index contributed by atoms with van der Waals surface area (Å²) in [6.07, 6.45) is 4.85. The van der Waals surface area contributed by atoms with Crippen LogP contribution in [0, 0.1) is 42.1 Å². The van der Waals surface area contributed by atoms with Crippen molar-refractivity contribution in [3.8, 4) is 34.5 Å². The van der Waals surface area contributed by atoms with Gasteiger partial charge in [-0.2, -0.15) is 21.3 Å². The van der Waals surface area contributed by atoms with Crippen LogP contribution in [0.3, 0.4) is 0 Å². The summed E-state index contributed by atoms with van der Waals surface area (Å²) in [5.74, 6) is 1.07. The summed E-state index contributed by atoms with van der Waals surface area (Å²) < 4.78 is 29.2. The van der Waals surface area contributed by atoms with Gasteiger partial charge in [0.15, 0.2) is 0 Å². The number of hydrogen-bond donors (Lipinski definition) is 6. The predicted molar refractivity (Wildman–Crippen MR) is 209 cm³/mol. The molecule has 0 aromatic heterocycles. The Labute approximate surface area is 437 Å². The molecule has 0 saturated heterocycles. The van der Waals surface area contributed by atoms with Gasteiger partial charge in [-0.25, -0.2) is 0 Å². The number of nitrogens with one attached hydrogen (secondary N) is 3. The van der Waals surface area contributed by atoms with Gasteiger partial charge in [0, 0.05) is 116 Å². The summed E-state index contributed by atoms with van der Waals surface area (Å²) >= 11 is 0. The van der Waals surface area contributed by atoms with Crippen LogP contribution in [0.25, 0.3) is 0 Å². The third-order valence-corrected chi connectivity index (χ3v) is 5.19. The predicted octanol–water partition coefficient (Wildman–Crippen LogP) is 4.79. The molecule has 0 unspecified atom stereocenters. The van der Waals surface area contributed by atoms with Gasteiger partial charge >= 0.3 is 0 Å². The zero-order chi connectivity index (χ0) is 46.1. The molecular weight excluding hydrogens is 1070 g/mol. The van der Waals surface area contributed by atoms with Gasteiger partial charge in [-0.05, 0) is 36.4 Å². The number of rotatable bonds is 12. The zero-order valence-corrected chi connectivity index (χ0v) is 41.1. The standard InChI is InChI=1S/C27H18N3O6.3C3H4O2.3CHO2.3Y/c31-16-28-19-1-7-22(8-2-19)34-25-13-26(35-23-9-3-20(4-10-23)29-17-32)15-27(14-25)36-24-11-5-21(6-12-24)30-18-33;3*1-3(4)5-2;3*2-1-3;;;/h1-15H,(H,28,31)(H,29,32)(H,30,33);3*1-2H2;3*(H,2,3);;;/q-3;3*-2;3*-1;;;. The SMILES string of the molecule is O=[C-]Nc1ccc(Oc2cc(Oc3ccc(N[C-]=O)cc3)cc(Oc3ccc(N[C-]=O)cc3)c2)cc1.O=[C-]O.O=[C-]O.O=[C-]O.[CH2-]OC([CH2-])=O.[CH2-]OC([CH2-])=O.[CH2-]OC([CH2-])=O.[Y].[Y].[Y]. The molecule has 3 amide bonds. The topological polar surface area (TPSA) is 306 Å². The first kappa shape index (κ1) is 69.1. The number of aliphatic hydroxyl groups excluding tert-OH is 3. The van der Waals surface area contributed by atoms with Crippen molar-refractivity contribution in [2.45, 2.75) is 0 Å². The van der Waals surface area contributed by atoms with Crippen LogP contribution < -0.4 is 30.2 Å². The van der Waals surface area contributed by atoms with Crippen LogP contribution in [-0.2, 0) is 155 Å². The molecule has 63 heavy (non-hydrogen) atoms. The summed E-state index contributed by atoms with van der Waals surface area (Å²) in [5, 5.41) is 27.6. The van der Waals surface area contributed by atoms with E-state index >= 15 is 0 Å². The molecule has 0 saturated carbocycles. The van der Waals surface area contributed by atoms with Crippen molar-refractivity contribution in [3.05, 3.63) is 133 Å². The van der Waals surface area contributed by atoms with Crippen molar-refractivity contribution in [2.24, 2.45) is 0 Å². The minimum atomic E-state index is -0.606. The van der Waals surface area contributed by atoms with Gasteiger partial charge in [-0.3, -0.25) is 14.4 Å². The normalized spacial score (nSPS) is 7.86. The van der Waals surface area contributed by atoms with E-state index in [1.807, 2.05) is 0 Å². The van der Waals surface area contributed by atoms with Crippen LogP contribution >= 0.6 is 0 Å². The maximum absolute atomic E-state index is 10.5. The summed E-state index contributed by atoms with van der Waals surface area (Å²) in [7, 11) is 8.32. The largest absolute Gasteiger partial charge is 0.665 e. The van der Waals surface area contributed by atoms with Crippen molar-refractivity contribution in [1.29, 1.82) is 0 Å². The molecule has 6 N–H and O–H groups in total. The molecule has 0 bridgehead atoms. The molecule has 24 heteroatoms. The number of amides is 3. The molecule has 21 nitrogen and oxygen atoms in total. The second-order valence-corrected chi connectivity index (χ2v) is 9.02. The average molecular weight is 1100 g/mol. The molecule has 0 atom stereocenters. The first-order valence-corrected chi connectivity index (χ1v) is 15.0. The second-order valence-electron chi connectivity index (χ2n) is 9.02. The van der Waals surface area contributed by atoms with E-state index < -0.39 is 17.9 Å². The van der Waals surface area contributed by atoms with Gasteiger partial charge in [-0.1, -0.05) is 19.4 Å². The Morgan fingerprint density at radius 3 is 0.683 bits per heavy atom. The molecule has 0 fully saturated rings. The number of ether oxygens (including phenoxy) is 6. The van der Waals surface area contributed by atoms with Gasteiger partial charge in [0.25, 0.3) is 0 Å². The van der Waals surface area contributed by atoms with Crippen LogP contribution in [0.4, 0.5) is 17.1 Å². The van der Waals surface area contributed by atoms with E-state index in [0.29, 0.717) is 71.0 Å². The molecule has 0 heterocycles. The Bertz CT molecular complexity index is 1630. The molecule has 4 rings (SSSR count). The summed E-state index contributed by atoms with van der Waals surface area (Å²) in [6.45, 7) is 10.0. The van der Waals surface area contributed by atoms with E-state index in [1.54, 1.807) is 110 Å². The van der Waals surface area contributed by atoms with Crippen molar-refractivity contribution in [2.75, 3.05) is 16.0 Å². The van der Waals surface area contributed by atoms with Crippen LogP contribution in [0.15, 0.2) is 91.0 Å². The van der Waals surface area contributed by atoms with E-state index in [2.05, 4.69) is 72.3 Å². The van der Waals surface area contributed by atoms with E-state index in [-0.39, 0.29) is 98.1 Å². The number of anilines is 3. The number of hydrogen-bond acceptors (Lipinski definition) is 15. The Balaban J connectivity index is -0.000000250. The number of benzene rings is 4. The fourth-order valence-electron chi connectivity index (χ4n) is 3.13. The minimum Gasteiger partial charge on any atom is -0.665 e. The molecule has 333 valence electrons. The van der Waals surface area contributed by atoms with Crippen LogP contribution in [-0.4, -0.2) is 71.9 Å². The quantitative estimate of drug-likeness (QED) is 0.0481. The van der Waals surface area contributed by atoms with Gasteiger partial charge in [0.2, 0.25) is 0 Å². The van der Waals surface area contributed by atoms with E-state index in [1.165, 1.54) is 0 Å². The van der Waals surface area contributed by atoms with Gasteiger partial charge in [-0.15, -0.1) is 53.5 Å². The fourth-order valence-corrected chi connectivity index (χ4v) is 3.13. The molecule has 4 aromatic carbocycles. The Hall–Kier alpha value is -5.57. The number of carbonyl (C=O) groups is 3. The minimum absolute atomic E-state index is 0. The molecule has 0 spiro atoms. The van der Waals surface area contributed by atoms with Crippen LogP contribution in [0.1, 0.15) is 0 Å². The van der Waals surface area contributed by atoms with E-state index in [9.17, 15) is 28.8 Å². The third-order valence-electron chi connectivity index (χ3n) is 5.19. The molecular formula is C39H33N3O18Y3-12. The van der Waals surface area contributed by atoms with Gasteiger partial charge < -0.3 is 109 Å². The Morgan fingerprint density at radius 2 is 0.556 bits per heavy atom. The van der Waals surface area contributed by atoms with Gasteiger partial charge in [0.1, 0.15) is 52.4 Å². The van der Waals surface area contributed by atoms with Crippen LogP contribution in [0.2, 0.25) is 0 Å². The second kappa shape index (κ2) is 47.5. The number of carbonyl (C=O) groups excluding carboxylic acids is 6. The van der Waals surface area contributed by atoms with Gasteiger partial charge in [0.05, 0.1) is 19.2 Å². The summed E-state index contributed by atoms with van der Waals surface area (Å²) in [5.41, 5.74) is 1.73. The average Bonchev–Trinajstić information content (AvgIpc) is 3.22. The monoisotopic (exact) mass is 1100 g/mol. The number of esters is 3. The first-order valence-electron chi connectivity index (χ1n) is 15.0. The zero-order valence-electron chi connectivity index (χ0n) is 32.6. The molecule has 0 aliphatic rings. The summed E-state index contributed by atoms with van der Waals surface area (Å²) in [4.78, 5) is 84.4. The molecule has 4 aromatic rings. The van der Waals surface area contributed by atoms with Crippen molar-refractivity contribution >= 4 is 73.6 Å². The van der Waals surface area contributed by atoms with Crippen molar-refractivity contribution in [1.82, 2.24) is 0 Å². The maximum Gasteiger partial charge on any atom is 0.134 e. The maximum atomic E-state index is 10.5. The first-order chi connectivity index (χ1) is 28.7. The third kappa shape index (κ3) is 41.6. The van der Waals surface area contributed by atoms with E-state index in [4.69, 9.17) is 43.9 Å².